The molecule has 2 saturated heterocycles. The molecule has 1 amide bonds. The first-order chi connectivity index (χ1) is 7.90. The molecule has 2 rings (SSSR count). The van der Waals surface area contributed by atoms with Crippen LogP contribution < -0.4 is 0 Å². The summed E-state index contributed by atoms with van der Waals surface area (Å²) in [5.74, 6) is 0. The highest BCUT2D eigenvalue weighted by molar-refractivity contribution is 5.47. The molecule has 0 N–H and O–H groups in total. The van der Waals surface area contributed by atoms with Crippen LogP contribution >= 0.6 is 0 Å². The van der Waals surface area contributed by atoms with E-state index in [2.05, 4.69) is 4.90 Å². The molecule has 0 atom stereocenters. The number of amides is 1. The Bertz CT molecular complexity index is 204. The number of carbonyl (C=O) groups excluding carboxylic acids is 1. The number of rotatable bonds is 2. The zero-order valence-electron chi connectivity index (χ0n) is 10.2. The fraction of sp³-hybridized carbons (Fsp3) is 0.923. The van der Waals surface area contributed by atoms with Gasteiger partial charge in [0.25, 0.3) is 0 Å². The van der Waals surface area contributed by atoms with Crippen LogP contribution in [0.5, 0.6) is 0 Å². The van der Waals surface area contributed by atoms with E-state index in [4.69, 9.17) is 0 Å². The van der Waals surface area contributed by atoms with Crippen LogP contribution in [-0.2, 0) is 4.79 Å². The Hall–Kier alpha value is -0.570. The Morgan fingerprint density at radius 3 is 1.94 bits per heavy atom. The molecular weight excluding hydrogens is 200 g/mol. The van der Waals surface area contributed by atoms with Crippen molar-refractivity contribution >= 4 is 6.41 Å². The van der Waals surface area contributed by atoms with Crippen molar-refractivity contribution < 1.29 is 4.79 Å². The number of piperidine rings is 1. The summed E-state index contributed by atoms with van der Waals surface area (Å²) in [6.45, 7) is 4.49. The van der Waals surface area contributed by atoms with E-state index in [1.54, 1.807) is 0 Å². The van der Waals surface area contributed by atoms with Gasteiger partial charge in [0.2, 0.25) is 6.41 Å². The van der Waals surface area contributed by atoms with E-state index < -0.39 is 0 Å². The summed E-state index contributed by atoms with van der Waals surface area (Å²) < 4.78 is 0. The molecule has 0 bridgehead atoms. The van der Waals surface area contributed by atoms with Crippen molar-refractivity contribution in [3.63, 3.8) is 0 Å². The van der Waals surface area contributed by atoms with Crippen molar-refractivity contribution in [1.29, 1.82) is 0 Å². The second-order valence-electron chi connectivity index (χ2n) is 5.18. The van der Waals surface area contributed by atoms with Crippen molar-refractivity contribution in [2.45, 2.75) is 51.0 Å². The molecule has 0 saturated carbocycles. The predicted molar refractivity (Wildman–Crippen MR) is 65.3 cm³/mol. The quantitative estimate of drug-likeness (QED) is 0.669. The molecule has 0 unspecified atom stereocenters. The van der Waals surface area contributed by atoms with Crippen LogP contribution in [0.15, 0.2) is 0 Å². The summed E-state index contributed by atoms with van der Waals surface area (Å²) in [6.07, 6.45) is 10.3. The van der Waals surface area contributed by atoms with E-state index in [-0.39, 0.29) is 0 Å². The van der Waals surface area contributed by atoms with Crippen LogP contribution in [0.25, 0.3) is 0 Å². The highest BCUT2D eigenvalue weighted by atomic mass is 16.1. The minimum Gasteiger partial charge on any atom is -0.345 e. The first-order valence-corrected chi connectivity index (χ1v) is 6.83. The van der Waals surface area contributed by atoms with Crippen LogP contribution in [0.4, 0.5) is 0 Å². The standard InChI is InChI=1S/C13H24N2O/c16-12-14-10-6-13(7-11-14)15-8-4-2-1-3-5-9-15/h12-13H,1-11H2. The van der Waals surface area contributed by atoms with Gasteiger partial charge in [-0.05, 0) is 38.8 Å². The predicted octanol–water partition coefficient (Wildman–Crippen LogP) is 1.87. The molecule has 0 aromatic heterocycles. The van der Waals surface area contributed by atoms with Crippen LogP contribution in [0.2, 0.25) is 0 Å². The van der Waals surface area contributed by atoms with Crippen molar-refractivity contribution in [3.8, 4) is 0 Å². The highest BCUT2D eigenvalue weighted by Crippen LogP contribution is 2.19. The Morgan fingerprint density at radius 1 is 0.812 bits per heavy atom. The third kappa shape index (κ3) is 3.21. The van der Waals surface area contributed by atoms with Gasteiger partial charge in [-0.15, -0.1) is 0 Å². The van der Waals surface area contributed by atoms with Gasteiger partial charge in [-0.2, -0.15) is 0 Å². The molecule has 2 aliphatic rings. The lowest BCUT2D eigenvalue weighted by molar-refractivity contribution is -0.119. The van der Waals surface area contributed by atoms with E-state index in [0.29, 0.717) is 0 Å². The summed E-state index contributed by atoms with van der Waals surface area (Å²) in [7, 11) is 0. The molecular formula is C13H24N2O. The van der Waals surface area contributed by atoms with Crippen molar-refractivity contribution in [2.24, 2.45) is 0 Å². The zero-order valence-corrected chi connectivity index (χ0v) is 10.2. The SMILES string of the molecule is O=CN1CCC(N2CCCCCCC2)CC1. The van der Waals surface area contributed by atoms with Crippen molar-refractivity contribution in [3.05, 3.63) is 0 Å². The van der Waals surface area contributed by atoms with Crippen LogP contribution in [0.1, 0.15) is 44.9 Å². The second kappa shape index (κ2) is 6.24. The number of nitrogens with zero attached hydrogens (tertiary/aromatic N) is 2. The normalized spacial score (nSPS) is 26.1. The van der Waals surface area contributed by atoms with Crippen LogP contribution in [0.3, 0.4) is 0 Å². The average molecular weight is 224 g/mol. The van der Waals surface area contributed by atoms with Gasteiger partial charge in [0.1, 0.15) is 0 Å². The zero-order chi connectivity index (χ0) is 11.2. The third-order valence-corrected chi connectivity index (χ3v) is 4.06. The van der Waals surface area contributed by atoms with E-state index in [9.17, 15) is 4.79 Å². The van der Waals surface area contributed by atoms with E-state index in [0.717, 1.165) is 25.5 Å². The van der Waals surface area contributed by atoms with Crippen LogP contribution in [-0.4, -0.2) is 48.4 Å². The van der Waals surface area contributed by atoms with E-state index >= 15 is 0 Å². The molecule has 3 heteroatoms. The maximum absolute atomic E-state index is 10.7. The molecule has 2 heterocycles. The molecule has 0 aromatic carbocycles. The van der Waals surface area contributed by atoms with Crippen molar-refractivity contribution in [2.75, 3.05) is 26.2 Å². The number of likely N-dealkylation sites (tertiary alicyclic amines) is 2. The molecule has 92 valence electrons. The van der Waals surface area contributed by atoms with Gasteiger partial charge in [0.05, 0.1) is 0 Å². The number of hydrogen-bond donors (Lipinski definition) is 0. The Labute approximate surface area is 98.8 Å². The van der Waals surface area contributed by atoms with Gasteiger partial charge < -0.3 is 9.80 Å². The molecule has 2 aliphatic heterocycles. The minimum absolute atomic E-state index is 0.745. The molecule has 3 nitrogen and oxygen atoms in total. The van der Waals surface area contributed by atoms with Gasteiger partial charge in [0, 0.05) is 19.1 Å². The molecule has 0 radical (unpaired) electrons. The molecule has 0 aliphatic carbocycles. The van der Waals surface area contributed by atoms with Gasteiger partial charge in [-0.3, -0.25) is 4.79 Å². The highest BCUT2D eigenvalue weighted by Gasteiger charge is 2.23. The Kier molecular flexibility index (Phi) is 4.64. The maximum Gasteiger partial charge on any atom is 0.209 e. The lowest BCUT2D eigenvalue weighted by atomic mass is 10.0. The van der Waals surface area contributed by atoms with E-state index in [1.165, 1.54) is 58.0 Å². The Balaban J connectivity index is 1.79. The average Bonchev–Trinajstić information content (AvgIpc) is 2.29. The first-order valence-electron chi connectivity index (χ1n) is 6.83. The summed E-state index contributed by atoms with van der Waals surface area (Å²) >= 11 is 0. The molecule has 16 heavy (non-hydrogen) atoms. The maximum atomic E-state index is 10.7. The number of carbonyl (C=O) groups is 1. The third-order valence-electron chi connectivity index (χ3n) is 4.06. The largest absolute Gasteiger partial charge is 0.345 e. The van der Waals surface area contributed by atoms with Gasteiger partial charge in [-0.1, -0.05) is 19.3 Å². The summed E-state index contributed by atoms with van der Waals surface area (Å²) in [4.78, 5) is 15.3. The lowest BCUT2D eigenvalue weighted by Crippen LogP contribution is -2.45. The smallest absolute Gasteiger partial charge is 0.209 e. The molecule has 0 aromatic rings. The fourth-order valence-electron chi connectivity index (χ4n) is 2.99. The minimum atomic E-state index is 0.745. The fourth-order valence-corrected chi connectivity index (χ4v) is 2.99. The van der Waals surface area contributed by atoms with Gasteiger partial charge >= 0.3 is 0 Å². The van der Waals surface area contributed by atoms with E-state index in [1.807, 2.05) is 4.90 Å². The topological polar surface area (TPSA) is 23.6 Å². The van der Waals surface area contributed by atoms with Crippen molar-refractivity contribution in [1.82, 2.24) is 9.80 Å². The first kappa shape index (κ1) is 11.9. The second-order valence-corrected chi connectivity index (χ2v) is 5.18. The summed E-state index contributed by atoms with van der Waals surface area (Å²) in [6, 6.07) is 0.745. The number of hydrogen-bond acceptors (Lipinski definition) is 2. The van der Waals surface area contributed by atoms with Crippen LogP contribution in [0, 0.1) is 0 Å². The summed E-state index contributed by atoms with van der Waals surface area (Å²) in [5, 5.41) is 0. The van der Waals surface area contributed by atoms with Gasteiger partial charge in [-0.25, -0.2) is 0 Å². The monoisotopic (exact) mass is 224 g/mol. The lowest BCUT2D eigenvalue weighted by Gasteiger charge is -2.38. The summed E-state index contributed by atoms with van der Waals surface area (Å²) in [5.41, 5.74) is 0. The molecule has 2 fully saturated rings. The van der Waals surface area contributed by atoms with Gasteiger partial charge in [0.15, 0.2) is 0 Å². The molecule has 0 spiro atoms. The Morgan fingerprint density at radius 2 is 1.38 bits per heavy atom.